The highest BCUT2D eigenvalue weighted by atomic mass is 35.5. The van der Waals surface area contributed by atoms with Crippen LogP contribution in [-0.2, 0) is 14.2 Å². The molecule has 5 atom stereocenters. The van der Waals surface area contributed by atoms with Crippen molar-refractivity contribution in [1.82, 2.24) is 19.5 Å². The van der Waals surface area contributed by atoms with Gasteiger partial charge >= 0.3 is 0 Å². The zero-order valence-electron chi connectivity index (χ0n) is 12.5. The fraction of sp³-hybridized carbons (Fsp3) is 0.643. The number of aromatic nitrogens is 4. The van der Waals surface area contributed by atoms with Gasteiger partial charge < -0.3 is 23.9 Å². The first-order valence-electron chi connectivity index (χ1n) is 7.59. The highest BCUT2D eigenvalue weighted by Gasteiger charge is 2.52. The number of hydrogen-bond donors (Lipinski definition) is 1. The van der Waals surface area contributed by atoms with E-state index in [1.165, 1.54) is 6.33 Å². The zero-order valence-corrected chi connectivity index (χ0v) is 13.3. The number of aliphatic hydroxyl groups excluding tert-OH is 1. The first kappa shape index (κ1) is 15.2. The number of fused-ring (bicyclic) bond motifs is 2. The number of ether oxygens (including phenoxy) is 3. The summed E-state index contributed by atoms with van der Waals surface area (Å²) < 4.78 is 19.0. The molecule has 0 amide bonds. The van der Waals surface area contributed by atoms with Gasteiger partial charge in [-0.2, -0.15) is 0 Å². The molecule has 0 aromatic carbocycles. The minimum absolute atomic E-state index is 0.0229. The molecule has 3 heterocycles. The fourth-order valence-electron chi connectivity index (χ4n) is 3.44. The van der Waals surface area contributed by atoms with Crippen molar-refractivity contribution in [2.24, 2.45) is 5.92 Å². The van der Waals surface area contributed by atoms with Gasteiger partial charge in [-0.25, -0.2) is 15.0 Å². The molecule has 8 nitrogen and oxygen atoms in total. The number of imidazole rings is 1. The highest BCUT2D eigenvalue weighted by molar-refractivity contribution is 6.33. The maximum Gasteiger partial charge on any atom is 0.272 e. The summed E-state index contributed by atoms with van der Waals surface area (Å²) in [4.78, 5) is 12.5. The van der Waals surface area contributed by atoms with Crippen LogP contribution >= 0.6 is 11.6 Å². The molecule has 1 aliphatic carbocycles. The summed E-state index contributed by atoms with van der Waals surface area (Å²) in [7, 11) is 0. The molecule has 124 valence electrons. The fourth-order valence-corrected chi connectivity index (χ4v) is 3.62. The highest BCUT2D eigenvalue weighted by Crippen LogP contribution is 2.44. The van der Waals surface area contributed by atoms with Crippen molar-refractivity contribution in [2.75, 3.05) is 13.2 Å². The molecule has 2 aliphatic rings. The average molecular weight is 341 g/mol. The maximum absolute atomic E-state index is 9.65. The Kier molecular flexibility index (Phi) is 3.94. The summed E-state index contributed by atoms with van der Waals surface area (Å²) in [5, 5.41) is 9.97. The second kappa shape index (κ2) is 5.95. The van der Waals surface area contributed by atoms with Gasteiger partial charge in [0, 0.05) is 19.1 Å². The van der Waals surface area contributed by atoms with Crippen LogP contribution in [0.2, 0.25) is 5.15 Å². The Bertz CT molecular complexity index is 711. The number of rotatable bonds is 4. The minimum Gasteiger partial charge on any atom is -0.396 e. The van der Waals surface area contributed by atoms with Gasteiger partial charge in [0.25, 0.3) is 6.48 Å². The molecule has 0 radical (unpaired) electrons. The van der Waals surface area contributed by atoms with Gasteiger partial charge in [-0.05, 0) is 13.3 Å². The minimum atomic E-state index is -0.695. The largest absolute Gasteiger partial charge is 0.396 e. The third-order valence-corrected chi connectivity index (χ3v) is 4.73. The van der Waals surface area contributed by atoms with Crippen LogP contribution in [0.4, 0.5) is 0 Å². The van der Waals surface area contributed by atoms with E-state index in [-0.39, 0.29) is 30.8 Å². The first-order valence-corrected chi connectivity index (χ1v) is 7.97. The van der Waals surface area contributed by atoms with Crippen molar-refractivity contribution in [2.45, 2.75) is 38.1 Å². The zero-order chi connectivity index (χ0) is 16.0. The Morgan fingerprint density at radius 3 is 2.96 bits per heavy atom. The summed E-state index contributed by atoms with van der Waals surface area (Å²) in [6, 6.07) is -0.0569. The smallest absolute Gasteiger partial charge is 0.272 e. The SMILES string of the molecule is CCOC1OC2C(CO)CC(n3cnc4c(Cl)ncnc43)C2O1. The molecule has 0 bridgehead atoms. The monoisotopic (exact) mass is 340 g/mol. The van der Waals surface area contributed by atoms with Gasteiger partial charge in [0.05, 0.1) is 18.5 Å². The van der Waals surface area contributed by atoms with Crippen LogP contribution in [0, 0.1) is 5.92 Å². The van der Waals surface area contributed by atoms with Crippen LogP contribution in [0.15, 0.2) is 12.7 Å². The second-order valence-corrected chi connectivity index (χ2v) is 6.04. The molecule has 1 N–H and O–H groups in total. The Balaban J connectivity index is 1.69. The van der Waals surface area contributed by atoms with Gasteiger partial charge in [-0.1, -0.05) is 11.6 Å². The molecule has 23 heavy (non-hydrogen) atoms. The lowest BCUT2D eigenvalue weighted by Crippen LogP contribution is -2.27. The molecule has 1 saturated heterocycles. The lowest BCUT2D eigenvalue weighted by Gasteiger charge is -2.19. The van der Waals surface area contributed by atoms with E-state index in [1.807, 2.05) is 11.5 Å². The van der Waals surface area contributed by atoms with E-state index in [0.717, 1.165) is 0 Å². The third kappa shape index (κ3) is 2.41. The molecule has 1 saturated carbocycles. The summed E-state index contributed by atoms with van der Waals surface area (Å²) in [5.74, 6) is -0.0229. The molecule has 0 spiro atoms. The lowest BCUT2D eigenvalue weighted by atomic mass is 10.1. The quantitative estimate of drug-likeness (QED) is 0.834. The molecule has 5 unspecified atom stereocenters. The standard InChI is InChI=1S/C14H17ClN4O4/c1-2-21-14-22-10-7(4-20)3-8(11(10)23-14)19-6-18-9-12(15)16-5-17-13(9)19/h5-8,10-11,14,20H,2-4H2,1H3. The normalized spacial score (nSPS) is 33.4. The van der Waals surface area contributed by atoms with Gasteiger partial charge in [0.1, 0.15) is 17.9 Å². The molecular weight excluding hydrogens is 324 g/mol. The number of nitrogens with zero attached hydrogens (tertiary/aromatic N) is 4. The molecule has 9 heteroatoms. The van der Waals surface area contributed by atoms with E-state index >= 15 is 0 Å². The summed E-state index contributed by atoms with van der Waals surface area (Å²) in [6.07, 6.45) is 3.36. The molecule has 4 rings (SSSR count). The molecule has 2 aromatic heterocycles. The number of hydrogen-bond acceptors (Lipinski definition) is 7. The first-order chi connectivity index (χ1) is 11.2. The maximum atomic E-state index is 9.65. The Labute approximate surface area is 137 Å². The molecule has 2 fully saturated rings. The third-order valence-electron chi connectivity index (χ3n) is 4.46. The number of halogens is 1. The molecule has 2 aromatic rings. The topological polar surface area (TPSA) is 91.5 Å². The van der Waals surface area contributed by atoms with Crippen LogP contribution in [0.25, 0.3) is 11.2 Å². The van der Waals surface area contributed by atoms with Crippen molar-refractivity contribution in [3.05, 3.63) is 17.8 Å². The Hall–Kier alpha value is -1.32. The predicted octanol–water partition coefficient (Wildman–Crippen LogP) is 1.14. The van der Waals surface area contributed by atoms with Crippen molar-refractivity contribution in [3.63, 3.8) is 0 Å². The van der Waals surface area contributed by atoms with Gasteiger partial charge in [0.15, 0.2) is 10.8 Å². The van der Waals surface area contributed by atoms with E-state index < -0.39 is 6.48 Å². The van der Waals surface area contributed by atoms with Crippen LogP contribution in [0.5, 0.6) is 0 Å². The second-order valence-electron chi connectivity index (χ2n) is 5.68. The van der Waals surface area contributed by atoms with E-state index in [2.05, 4.69) is 15.0 Å². The predicted molar refractivity (Wildman–Crippen MR) is 79.7 cm³/mol. The van der Waals surface area contributed by atoms with E-state index in [9.17, 15) is 5.11 Å². The van der Waals surface area contributed by atoms with Crippen molar-refractivity contribution in [3.8, 4) is 0 Å². The molecule has 1 aliphatic heterocycles. The van der Waals surface area contributed by atoms with Crippen molar-refractivity contribution >= 4 is 22.8 Å². The van der Waals surface area contributed by atoms with Crippen molar-refractivity contribution in [1.29, 1.82) is 0 Å². The van der Waals surface area contributed by atoms with Crippen LogP contribution in [0.3, 0.4) is 0 Å². The van der Waals surface area contributed by atoms with E-state index in [4.69, 9.17) is 25.8 Å². The average Bonchev–Trinajstić information content (AvgIpc) is 3.21. The van der Waals surface area contributed by atoms with Crippen LogP contribution in [-0.4, -0.2) is 56.5 Å². The van der Waals surface area contributed by atoms with Crippen LogP contribution in [0.1, 0.15) is 19.4 Å². The van der Waals surface area contributed by atoms with Gasteiger partial charge in [-0.15, -0.1) is 0 Å². The van der Waals surface area contributed by atoms with E-state index in [0.29, 0.717) is 29.3 Å². The Morgan fingerprint density at radius 2 is 2.17 bits per heavy atom. The number of aliphatic hydroxyl groups is 1. The van der Waals surface area contributed by atoms with Crippen molar-refractivity contribution < 1.29 is 19.3 Å². The molecular formula is C14H17ClN4O4. The summed E-state index contributed by atoms with van der Waals surface area (Å²) in [6.45, 7) is 1.71. The van der Waals surface area contributed by atoms with Gasteiger partial charge in [0.2, 0.25) is 0 Å². The lowest BCUT2D eigenvalue weighted by molar-refractivity contribution is -0.248. The van der Waals surface area contributed by atoms with E-state index in [1.54, 1.807) is 6.33 Å². The summed E-state index contributed by atoms with van der Waals surface area (Å²) >= 11 is 6.07. The summed E-state index contributed by atoms with van der Waals surface area (Å²) in [5.41, 5.74) is 1.20. The van der Waals surface area contributed by atoms with Crippen LogP contribution < -0.4 is 0 Å². The van der Waals surface area contributed by atoms with Gasteiger partial charge in [-0.3, -0.25) is 0 Å². The Morgan fingerprint density at radius 1 is 1.35 bits per heavy atom.